The normalized spacial score (nSPS) is 14.1. The van der Waals surface area contributed by atoms with Crippen molar-refractivity contribution in [3.8, 4) is 5.00 Å². The maximum Gasteiger partial charge on any atom is 0.342 e. The number of esters is 1. The molecule has 3 heterocycles. The molecule has 0 bridgehead atoms. The van der Waals surface area contributed by atoms with Crippen LogP contribution in [0.4, 0.5) is 10.1 Å². The Hall–Kier alpha value is -2.58. The third-order valence-corrected chi connectivity index (χ3v) is 7.04. The summed E-state index contributed by atoms with van der Waals surface area (Å²) < 4.78 is 21.2. The zero-order chi connectivity index (χ0) is 20.4. The van der Waals surface area contributed by atoms with E-state index in [0.29, 0.717) is 5.56 Å². The number of para-hydroxylation sites is 1. The number of nitrogens with zero attached hydrogens (tertiary/aromatic N) is 1. The summed E-state index contributed by atoms with van der Waals surface area (Å²) >= 11 is 3.42. The first-order chi connectivity index (χ1) is 14.0. The summed E-state index contributed by atoms with van der Waals surface area (Å²) in [6, 6.07) is 9.66. The summed E-state index contributed by atoms with van der Waals surface area (Å²) in [5.74, 6) is 0.155. The predicted molar refractivity (Wildman–Crippen MR) is 113 cm³/mol. The van der Waals surface area contributed by atoms with Crippen LogP contribution in [0.3, 0.4) is 0 Å². The molecular weight excluding hydrogens is 411 g/mol. The monoisotopic (exact) mass is 430 g/mol. The van der Waals surface area contributed by atoms with Crippen molar-refractivity contribution >= 4 is 40.7 Å². The first-order valence-electron chi connectivity index (χ1n) is 9.16. The largest absolute Gasteiger partial charge is 0.449 e. The Labute approximate surface area is 175 Å². The Morgan fingerprint density at radius 3 is 2.72 bits per heavy atom. The number of nitrogens with one attached hydrogen (secondary N) is 1. The van der Waals surface area contributed by atoms with Gasteiger partial charge in [-0.05, 0) is 48.9 Å². The Balaban J connectivity index is 1.56. The van der Waals surface area contributed by atoms with Crippen LogP contribution in [-0.2, 0) is 21.7 Å². The van der Waals surface area contributed by atoms with Gasteiger partial charge in [0.05, 0.1) is 11.3 Å². The lowest BCUT2D eigenvalue weighted by atomic mass is 10.1. The van der Waals surface area contributed by atoms with Crippen molar-refractivity contribution in [2.75, 3.05) is 11.1 Å². The summed E-state index contributed by atoms with van der Waals surface area (Å²) in [4.78, 5) is 26.6. The Kier molecular flexibility index (Phi) is 5.73. The number of thiophene rings is 1. The molecule has 3 aromatic rings. The average Bonchev–Trinajstić information content (AvgIpc) is 3.37. The molecule has 4 rings (SSSR count). The van der Waals surface area contributed by atoms with Crippen molar-refractivity contribution in [2.24, 2.45) is 0 Å². The number of halogens is 1. The van der Waals surface area contributed by atoms with Crippen LogP contribution in [0.5, 0.6) is 0 Å². The van der Waals surface area contributed by atoms with Crippen molar-refractivity contribution in [2.45, 2.75) is 25.2 Å². The molecule has 0 unspecified atom stereocenters. The number of anilines is 1. The molecule has 2 aromatic heterocycles. The lowest BCUT2D eigenvalue weighted by Crippen LogP contribution is -2.30. The highest BCUT2D eigenvalue weighted by Crippen LogP contribution is 2.38. The van der Waals surface area contributed by atoms with Crippen LogP contribution in [-0.4, -0.2) is 28.3 Å². The minimum Gasteiger partial charge on any atom is -0.449 e. The van der Waals surface area contributed by atoms with Gasteiger partial charge in [0.25, 0.3) is 5.91 Å². The van der Waals surface area contributed by atoms with E-state index in [9.17, 15) is 14.0 Å². The highest BCUT2D eigenvalue weighted by molar-refractivity contribution is 7.98. The number of thioether (sulfide) groups is 1. The summed E-state index contributed by atoms with van der Waals surface area (Å²) in [6.45, 7) is 1.48. The molecule has 0 spiro atoms. The first kappa shape index (κ1) is 19.7. The quantitative estimate of drug-likeness (QED) is 0.599. The molecule has 1 atom stereocenters. The summed E-state index contributed by atoms with van der Waals surface area (Å²) in [5, 5.41) is 3.27. The number of carbonyl (C=O) groups is 2. The molecule has 1 N–H and O–H groups in total. The Morgan fingerprint density at radius 2 is 1.97 bits per heavy atom. The number of fused-ring (bicyclic) bond motifs is 1. The van der Waals surface area contributed by atoms with Crippen LogP contribution >= 0.6 is 23.1 Å². The number of carbonyl (C=O) groups excluding carboxylic acids is 2. The van der Waals surface area contributed by atoms with Crippen molar-refractivity contribution in [1.29, 1.82) is 0 Å². The molecule has 0 radical (unpaired) electrons. The van der Waals surface area contributed by atoms with Gasteiger partial charge in [-0.2, -0.15) is 11.8 Å². The van der Waals surface area contributed by atoms with E-state index >= 15 is 0 Å². The fourth-order valence-electron chi connectivity index (χ4n) is 3.15. The molecule has 0 saturated carbocycles. The second kappa shape index (κ2) is 8.42. The van der Waals surface area contributed by atoms with E-state index in [1.807, 2.05) is 40.9 Å². The number of aromatic nitrogens is 1. The maximum atomic E-state index is 13.8. The fourth-order valence-corrected chi connectivity index (χ4v) is 5.58. The van der Waals surface area contributed by atoms with Crippen molar-refractivity contribution in [3.05, 3.63) is 70.6 Å². The molecule has 0 saturated heterocycles. The van der Waals surface area contributed by atoms with Crippen molar-refractivity contribution in [1.82, 2.24) is 4.57 Å². The zero-order valence-electron chi connectivity index (χ0n) is 15.7. The van der Waals surface area contributed by atoms with E-state index in [1.54, 1.807) is 17.4 Å². The van der Waals surface area contributed by atoms with Crippen molar-refractivity contribution in [3.63, 3.8) is 0 Å². The van der Waals surface area contributed by atoms with E-state index in [-0.39, 0.29) is 5.69 Å². The molecule has 1 aliphatic rings. The second-order valence-corrected chi connectivity index (χ2v) is 8.78. The van der Waals surface area contributed by atoms with Gasteiger partial charge in [0.1, 0.15) is 10.8 Å². The molecule has 29 heavy (non-hydrogen) atoms. The zero-order valence-corrected chi connectivity index (χ0v) is 17.3. The van der Waals surface area contributed by atoms with Gasteiger partial charge in [0.15, 0.2) is 6.10 Å². The SMILES string of the molecule is C[C@@H](OC(=O)c1c(-n2cccc2)sc2c1CCSC2)C(=O)Nc1ccccc1F. The van der Waals surface area contributed by atoms with E-state index < -0.39 is 23.8 Å². The molecule has 0 fully saturated rings. The fraction of sp³-hybridized carbons (Fsp3) is 0.238. The average molecular weight is 431 g/mol. The van der Waals surface area contributed by atoms with Gasteiger partial charge >= 0.3 is 5.97 Å². The smallest absolute Gasteiger partial charge is 0.342 e. The van der Waals surface area contributed by atoms with E-state index in [2.05, 4.69) is 5.32 Å². The van der Waals surface area contributed by atoms with Crippen LogP contribution in [0.2, 0.25) is 0 Å². The van der Waals surface area contributed by atoms with Gasteiger partial charge in [-0.15, -0.1) is 11.3 Å². The molecule has 1 aromatic carbocycles. The van der Waals surface area contributed by atoms with Crippen LogP contribution in [0.1, 0.15) is 27.7 Å². The number of benzene rings is 1. The van der Waals surface area contributed by atoms with Gasteiger partial charge in [-0.3, -0.25) is 4.79 Å². The van der Waals surface area contributed by atoms with Gasteiger partial charge < -0.3 is 14.6 Å². The van der Waals surface area contributed by atoms with Gasteiger partial charge in [0, 0.05) is 23.0 Å². The number of hydrogen-bond acceptors (Lipinski definition) is 5. The topological polar surface area (TPSA) is 60.3 Å². The summed E-state index contributed by atoms with van der Waals surface area (Å²) in [6.07, 6.45) is 3.50. The highest BCUT2D eigenvalue weighted by atomic mass is 32.2. The molecule has 150 valence electrons. The number of ether oxygens (including phenoxy) is 1. The molecule has 5 nitrogen and oxygen atoms in total. The summed E-state index contributed by atoms with van der Waals surface area (Å²) in [5.41, 5.74) is 1.58. The minimum atomic E-state index is -1.06. The van der Waals surface area contributed by atoms with Crippen LogP contribution < -0.4 is 5.32 Å². The highest BCUT2D eigenvalue weighted by Gasteiger charge is 2.29. The lowest BCUT2D eigenvalue weighted by molar-refractivity contribution is -0.123. The maximum absolute atomic E-state index is 13.8. The van der Waals surface area contributed by atoms with E-state index in [1.165, 1.54) is 30.0 Å². The first-order valence-corrected chi connectivity index (χ1v) is 11.1. The Morgan fingerprint density at radius 1 is 1.21 bits per heavy atom. The van der Waals surface area contributed by atoms with E-state index in [4.69, 9.17) is 4.74 Å². The molecule has 1 amide bonds. The third-order valence-electron chi connectivity index (χ3n) is 4.63. The number of amides is 1. The lowest BCUT2D eigenvalue weighted by Gasteiger charge is -2.16. The van der Waals surface area contributed by atoms with Crippen molar-refractivity contribution < 1.29 is 18.7 Å². The molecule has 1 aliphatic heterocycles. The number of rotatable bonds is 5. The molecule has 0 aliphatic carbocycles. The molecule has 8 heteroatoms. The van der Waals surface area contributed by atoms with Crippen LogP contribution in [0.25, 0.3) is 5.00 Å². The van der Waals surface area contributed by atoms with E-state index in [0.717, 1.165) is 28.5 Å². The minimum absolute atomic E-state index is 0.0540. The van der Waals surface area contributed by atoms with Crippen LogP contribution in [0.15, 0.2) is 48.8 Å². The molecular formula is C21H19FN2O3S2. The predicted octanol–water partition coefficient (Wildman–Crippen LogP) is 4.65. The van der Waals surface area contributed by atoms with Crippen LogP contribution in [0, 0.1) is 5.82 Å². The Bertz CT molecular complexity index is 1050. The third kappa shape index (κ3) is 4.09. The summed E-state index contributed by atoms with van der Waals surface area (Å²) in [7, 11) is 0. The van der Waals surface area contributed by atoms with Gasteiger partial charge in [0.2, 0.25) is 0 Å². The van der Waals surface area contributed by atoms with Gasteiger partial charge in [-0.25, -0.2) is 9.18 Å². The number of hydrogen-bond donors (Lipinski definition) is 1. The van der Waals surface area contributed by atoms with Gasteiger partial charge in [-0.1, -0.05) is 12.1 Å². The second-order valence-electron chi connectivity index (χ2n) is 6.59. The standard InChI is InChI=1S/C21H19FN2O3S2/c1-13(19(25)23-16-7-3-2-6-15(16)22)27-21(26)18-14-8-11-28-12-17(14)29-20(18)24-9-4-5-10-24/h2-7,9-10,13H,8,11-12H2,1H3,(H,23,25)/t13-/m1/s1.